The van der Waals surface area contributed by atoms with Crippen LogP contribution >= 0.6 is 11.6 Å². The van der Waals surface area contributed by atoms with E-state index in [0.29, 0.717) is 24.1 Å². The van der Waals surface area contributed by atoms with E-state index < -0.39 is 0 Å². The van der Waals surface area contributed by atoms with Crippen molar-refractivity contribution in [2.75, 3.05) is 6.61 Å². The third-order valence-electron chi connectivity index (χ3n) is 2.25. The van der Waals surface area contributed by atoms with Gasteiger partial charge in [-0.15, -0.1) is 0 Å². The van der Waals surface area contributed by atoms with Gasteiger partial charge in [-0.05, 0) is 39.8 Å². The van der Waals surface area contributed by atoms with Crippen LogP contribution in [-0.2, 0) is 6.54 Å². The van der Waals surface area contributed by atoms with Gasteiger partial charge in [-0.3, -0.25) is 0 Å². The molecule has 0 amide bonds. The normalized spacial score (nSPS) is 12.4. The fourth-order valence-electron chi connectivity index (χ4n) is 1.54. The number of nitrogens with one attached hydrogen (secondary N) is 1. The zero-order chi connectivity index (χ0) is 14.5. The molecule has 0 saturated heterocycles. The molecule has 0 heterocycles. The van der Waals surface area contributed by atoms with Gasteiger partial charge in [0, 0.05) is 16.1 Å². The first-order valence-electron chi connectivity index (χ1n) is 6.31. The van der Waals surface area contributed by atoms with E-state index in [-0.39, 0.29) is 5.54 Å². The van der Waals surface area contributed by atoms with Crippen LogP contribution in [0.3, 0.4) is 0 Å². The zero-order valence-corrected chi connectivity index (χ0v) is 12.7. The molecule has 19 heavy (non-hydrogen) atoms. The molecule has 0 aliphatic carbocycles. The van der Waals surface area contributed by atoms with Crippen LogP contribution in [0.25, 0.3) is 0 Å². The molecule has 0 saturated carbocycles. The quantitative estimate of drug-likeness (QED) is 0.660. The van der Waals surface area contributed by atoms with Gasteiger partial charge in [0.1, 0.15) is 5.75 Å². The van der Waals surface area contributed by atoms with Gasteiger partial charge in [-0.2, -0.15) is 0 Å². The summed E-state index contributed by atoms with van der Waals surface area (Å²) in [6.07, 6.45) is 0. The molecule has 1 rings (SSSR count). The third-order valence-corrected chi connectivity index (χ3v) is 2.49. The van der Waals surface area contributed by atoms with Crippen LogP contribution in [0.4, 0.5) is 0 Å². The molecule has 0 radical (unpaired) electrons. The summed E-state index contributed by atoms with van der Waals surface area (Å²) >= 11 is 5.95. The molecule has 0 atom stereocenters. The summed E-state index contributed by atoms with van der Waals surface area (Å²) < 4.78 is 5.54. The van der Waals surface area contributed by atoms with E-state index >= 15 is 0 Å². The minimum Gasteiger partial charge on any atom is -0.493 e. The smallest absolute Gasteiger partial charge is 0.189 e. The average molecular weight is 284 g/mol. The molecule has 1 aromatic rings. The van der Waals surface area contributed by atoms with E-state index in [4.69, 9.17) is 22.1 Å². The Morgan fingerprint density at radius 3 is 2.68 bits per heavy atom. The molecule has 4 nitrogen and oxygen atoms in total. The highest BCUT2D eigenvalue weighted by atomic mass is 35.5. The Hall–Kier alpha value is -1.42. The van der Waals surface area contributed by atoms with E-state index in [9.17, 15) is 0 Å². The van der Waals surface area contributed by atoms with Crippen molar-refractivity contribution in [2.24, 2.45) is 10.7 Å². The van der Waals surface area contributed by atoms with Crippen LogP contribution in [0.2, 0.25) is 5.02 Å². The van der Waals surface area contributed by atoms with Crippen molar-refractivity contribution in [3.8, 4) is 5.75 Å². The van der Waals surface area contributed by atoms with Gasteiger partial charge >= 0.3 is 0 Å². The number of rotatable bonds is 4. The minimum absolute atomic E-state index is 0.101. The van der Waals surface area contributed by atoms with Crippen molar-refractivity contribution in [1.82, 2.24) is 5.32 Å². The fraction of sp³-hybridized carbons (Fsp3) is 0.500. The largest absolute Gasteiger partial charge is 0.493 e. The first-order valence-corrected chi connectivity index (χ1v) is 6.69. The summed E-state index contributed by atoms with van der Waals surface area (Å²) in [6, 6.07) is 5.52. The second-order valence-corrected chi connectivity index (χ2v) is 5.70. The molecule has 1 aromatic carbocycles. The number of guanidine groups is 1. The van der Waals surface area contributed by atoms with E-state index in [1.165, 1.54) is 0 Å². The van der Waals surface area contributed by atoms with Crippen LogP contribution in [-0.4, -0.2) is 18.1 Å². The highest BCUT2D eigenvalue weighted by Crippen LogP contribution is 2.24. The molecule has 3 N–H and O–H groups in total. The van der Waals surface area contributed by atoms with Crippen molar-refractivity contribution >= 4 is 17.6 Å². The monoisotopic (exact) mass is 283 g/mol. The lowest BCUT2D eigenvalue weighted by Crippen LogP contribution is -2.44. The molecular formula is C14H22ClN3O. The number of nitrogens with zero attached hydrogens (tertiary/aromatic N) is 1. The van der Waals surface area contributed by atoms with Crippen molar-refractivity contribution in [3.63, 3.8) is 0 Å². The van der Waals surface area contributed by atoms with Gasteiger partial charge in [0.05, 0.1) is 13.2 Å². The SMILES string of the molecule is CCOc1cc(Cl)ccc1CN=C(N)NC(C)(C)C. The number of halogens is 1. The second kappa shape index (κ2) is 6.66. The van der Waals surface area contributed by atoms with E-state index in [0.717, 1.165) is 11.3 Å². The number of hydrogen-bond acceptors (Lipinski definition) is 2. The van der Waals surface area contributed by atoms with Crippen LogP contribution in [0.1, 0.15) is 33.3 Å². The van der Waals surface area contributed by atoms with E-state index in [2.05, 4.69) is 10.3 Å². The van der Waals surface area contributed by atoms with Gasteiger partial charge in [-0.25, -0.2) is 4.99 Å². The van der Waals surface area contributed by atoms with Crippen molar-refractivity contribution < 1.29 is 4.74 Å². The Labute approximate surface area is 120 Å². The molecule has 0 spiro atoms. The molecule has 0 bridgehead atoms. The molecule has 0 aliphatic heterocycles. The molecule has 0 unspecified atom stereocenters. The number of aliphatic imine (C=N–C) groups is 1. The topological polar surface area (TPSA) is 59.6 Å². The Bertz CT molecular complexity index is 452. The first-order chi connectivity index (χ1) is 8.81. The lowest BCUT2D eigenvalue weighted by atomic mass is 10.1. The van der Waals surface area contributed by atoms with Crippen molar-refractivity contribution in [3.05, 3.63) is 28.8 Å². The highest BCUT2D eigenvalue weighted by Gasteiger charge is 2.10. The Balaban J connectivity index is 2.79. The highest BCUT2D eigenvalue weighted by molar-refractivity contribution is 6.30. The average Bonchev–Trinajstić information content (AvgIpc) is 2.26. The molecule has 5 heteroatoms. The number of ether oxygens (including phenoxy) is 1. The number of hydrogen-bond donors (Lipinski definition) is 2. The molecule has 0 aromatic heterocycles. The molecule has 106 valence electrons. The summed E-state index contributed by atoms with van der Waals surface area (Å²) in [4.78, 5) is 4.31. The van der Waals surface area contributed by atoms with Crippen LogP contribution in [0, 0.1) is 0 Å². The van der Waals surface area contributed by atoms with Gasteiger partial charge in [-0.1, -0.05) is 17.7 Å². The fourth-order valence-corrected chi connectivity index (χ4v) is 1.71. The standard InChI is InChI=1S/C14H22ClN3O/c1-5-19-12-8-11(15)7-6-10(12)9-17-13(16)18-14(2,3)4/h6-8H,5,9H2,1-4H3,(H3,16,17,18). The lowest BCUT2D eigenvalue weighted by Gasteiger charge is -2.21. The maximum atomic E-state index is 5.95. The second-order valence-electron chi connectivity index (χ2n) is 5.26. The summed E-state index contributed by atoms with van der Waals surface area (Å²) in [6.45, 7) is 9.08. The van der Waals surface area contributed by atoms with Crippen LogP contribution in [0.15, 0.2) is 23.2 Å². The van der Waals surface area contributed by atoms with Gasteiger partial charge in [0.2, 0.25) is 0 Å². The van der Waals surface area contributed by atoms with Gasteiger partial charge < -0.3 is 15.8 Å². The molecule has 0 fully saturated rings. The number of benzene rings is 1. The zero-order valence-electron chi connectivity index (χ0n) is 12.0. The molecule has 0 aliphatic rings. The van der Waals surface area contributed by atoms with Crippen molar-refractivity contribution in [2.45, 2.75) is 39.8 Å². The Kier molecular flexibility index (Phi) is 5.48. The molecular weight excluding hydrogens is 262 g/mol. The van der Waals surface area contributed by atoms with E-state index in [1.54, 1.807) is 6.07 Å². The Morgan fingerprint density at radius 2 is 2.11 bits per heavy atom. The number of nitrogens with two attached hydrogens (primary N) is 1. The first kappa shape index (κ1) is 15.6. The van der Waals surface area contributed by atoms with Crippen molar-refractivity contribution in [1.29, 1.82) is 0 Å². The summed E-state index contributed by atoms with van der Waals surface area (Å²) in [5.74, 6) is 1.17. The predicted octanol–water partition coefficient (Wildman–Crippen LogP) is 2.94. The van der Waals surface area contributed by atoms with E-state index in [1.807, 2.05) is 39.8 Å². The predicted molar refractivity (Wildman–Crippen MR) is 80.8 cm³/mol. The summed E-state index contributed by atoms with van der Waals surface area (Å²) in [7, 11) is 0. The minimum atomic E-state index is -0.101. The lowest BCUT2D eigenvalue weighted by molar-refractivity contribution is 0.336. The summed E-state index contributed by atoms with van der Waals surface area (Å²) in [5, 5.41) is 3.76. The van der Waals surface area contributed by atoms with Gasteiger partial charge in [0.15, 0.2) is 5.96 Å². The maximum absolute atomic E-state index is 5.95. The van der Waals surface area contributed by atoms with Crippen LogP contribution < -0.4 is 15.8 Å². The maximum Gasteiger partial charge on any atom is 0.189 e. The Morgan fingerprint density at radius 1 is 1.42 bits per heavy atom. The van der Waals surface area contributed by atoms with Crippen LogP contribution in [0.5, 0.6) is 5.75 Å². The third kappa shape index (κ3) is 5.83. The van der Waals surface area contributed by atoms with Gasteiger partial charge in [0.25, 0.3) is 0 Å². The summed E-state index contributed by atoms with van der Waals surface area (Å²) in [5.41, 5.74) is 6.70.